The number of hydrogen-bond acceptors (Lipinski definition) is 4. The van der Waals surface area contributed by atoms with Crippen LogP contribution in [0.2, 0.25) is 0 Å². The lowest BCUT2D eigenvalue weighted by Crippen LogP contribution is -2.40. The summed E-state index contributed by atoms with van der Waals surface area (Å²) < 4.78 is 10.9. The Kier molecular flexibility index (Phi) is 11.3. The highest BCUT2D eigenvalue weighted by Crippen LogP contribution is 2.11. The van der Waals surface area contributed by atoms with Gasteiger partial charge in [0, 0.05) is 39.6 Å². The molecule has 2 heterocycles. The summed E-state index contributed by atoms with van der Waals surface area (Å²) in [5.74, 6) is 1.73. The standard InChI is InChI=1S/C17H28N4O3.HI/c1-14(22)18-8-4-9-19-17(21-13-16-6-3-12-24-16)20-10-7-15-5-2-11-23-15;/h2,5,11,16H,3-4,6-10,12-13H2,1H3,(H,18,22)(H2,19,20,21);1H. The summed E-state index contributed by atoms with van der Waals surface area (Å²) in [5, 5.41) is 9.40. The molecule has 1 fully saturated rings. The van der Waals surface area contributed by atoms with Crippen molar-refractivity contribution in [1.82, 2.24) is 16.0 Å². The fraction of sp³-hybridized carbons (Fsp3) is 0.647. The quantitative estimate of drug-likeness (QED) is 0.224. The van der Waals surface area contributed by atoms with Gasteiger partial charge in [-0.3, -0.25) is 9.79 Å². The van der Waals surface area contributed by atoms with E-state index in [2.05, 4.69) is 20.9 Å². The summed E-state index contributed by atoms with van der Waals surface area (Å²) >= 11 is 0. The second-order valence-corrected chi connectivity index (χ2v) is 5.84. The lowest BCUT2D eigenvalue weighted by atomic mass is 10.2. The number of guanidine groups is 1. The third-order valence-electron chi connectivity index (χ3n) is 3.74. The molecule has 1 aliphatic rings. The van der Waals surface area contributed by atoms with Crippen molar-refractivity contribution in [3.8, 4) is 0 Å². The van der Waals surface area contributed by atoms with Crippen LogP contribution >= 0.6 is 24.0 Å². The Morgan fingerprint density at radius 3 is 2.76 bits per heavy atom. The van der Waals surface area contributed by atoms with Crippen LogP contribution in [0.15, 0.2) is 27.8 Å². The van der Waals surface area contributed by atoms with E-state index in [9.17, 15) is 4.79 Å². The minimum Gasteiger partial charge on any atom is -0.469 e. The monoisotopic (exact) mass is 464 g/mol. The first-order valence-corrected chi connectivity index (χ1v) is 8.64. The van der Waals surface area contributed by atoms with Crippen molar-refractivity contribution in [2.24, 2.45) is 4.99 Å². The maximum absolute atomic E-state index is 10.9. The number of nitrogens with one attached hydrogen (secondary N) is 3. The molecule has 0 bridgehead atoms. The topological polar surface area (TPSA) is 87.9 Å². The molecule has 1 aromatic heterocycles. The molecule has 3 N–H and O–H groups in total. The molecule has 1 saturated heterocycles. The molecule has 0 saturated carbocycles. The predicted molar refractivity (Wildman–Crippen MR) is 108 cm³/mol. The second-order valence-electron chi connectivity index (χ2n) is 5.84. The van der Waals surface area contributed by atoms with Crippen molar-refractivity contribution < 1.29 is 13.9 Å². The number of furan rings is 1. The zero-order chi connectivity index (χ0) is 17.0. The first-order chi connectivity index (χ1) is 11.7. The van der Waals surface area contributed by atoms with Crippen LogP contribution in [-0.4, -0.2) is 50.8 Å². The van der Waals surface area contributed by atoms with Gasteiger partial charge in [0.1, 0.15) is 5.76 Å². The molecule has 1 aliphatic heterocycles. The van der Waals surface area contributed by atoms with E-state index in [1.807, 2.05) is 12.1 Å². The molecule has 1 unspecified atom stereocenters. The molecule has 25 heavy (non-hydrogen) atoms. The summed E-state index contributed by atoms with van der Waals surface area (Å²) in [6.07, 6.45) is 5.75. The molecule has 142 valence electrons. The average Bonchev–Trinajstić information content (AvgIpc) is 3.25. The molecule has 8 heteroatoms. The highest BCUT2D eigenvalue weighted by molar-refractivity contribution is 14.0. The number of hydrogen-bond donors (Lipinski definition) is 3. The Labute approximate surface area is 166 Å². The molecule has 0 aliphatic carbocycles. The highest BCUT2D eigenvalue weighted by atomic mass is 127. The second kappa shape index (κ2) is 13.0. The zero-order valence-electron chi connectivity index (χ0n) is 14.8. The van der Waals surface area contributed by atoms with Gasteiger partial charge in [0.25, 0.3) is 0 Å². The number of amides is 1. The molecule has 0 aromatic carbocycles. The van der Waals surface area contributed by atoms with Gasteiger partial charge in [-0.15, -0.1) is 24.0 Å². The Morgan fingerprint density at radius 1 is 1.28 bits per heavy atom. The third kappa shape index (κ3) is 9.69. The summed E-state index contributed by atoms with van der Waals surface area (Å²) in [4.78, 5) is 15.5. The van der Waals surface area contributed by atoms with Crippen LogP contribution in [0.25, 0.3) is 0 Å². The van der Waals surface area contributed by atoms with Crippen molar-refractivity contribution in [3.63, 3.8) is 0 Å². The number of halogens is 1. The highest BCUT2D eigenvalue weighted by Gasteiger charge is 2.14. The Morgan fingerprint density at radius 2 is 2.08 bits per heavy atom. The Hall–Kier alpha value is -1.29. The fourth-order valence-corrected chi connectivity index (χ4v) is 2.47. The van der Waals surface area contributed by atoms with Crippen molar-refractivity contribution in [2.45, 2.75) is 38.7 Å². The summed E-state index contributed by atoms with van der Waals surface area (Å²) in [6.45, 7) is 5.19. The zero-order valence-corrected chi connectivity index (χ0v) is 17.1. The van der Waals surface area contributed by atoms with Gasteiger partial charge in [0.05, 0.1) is 18.9 Å². The molecule has 0 spiro atoms. The van der Waals surface area contributed by atoms with E-state index in [1.54, 1.807) is 6.26 Å². The maximum Gasteiger partial charge on any atom is 0.216 e. The summed E-state index contributed by atoms with van der Waals surface area (Å²) in [7, 11) is 0. The number of ether oxygens (including phenoxy) is 1. The van der Waals surface area contributed by atoms with E-state index in [4.69, 9.17) is 9.15 Å². The fourth-order valence-electron chi connectivity index (χ4n) is 2.47. The SMILES string of the molecule is CC(=O)NCCCNC(=NCC1CCCO1)NCCc1ccco1.I. The number of carbonyl (C=O) groups excluding carboxylic acids is 1. The van der Waals surface area contributed by atoms with E-state index >= 15 is 0 Å². The average molecular weight is 464 g/mol. The summed E-state index contributed by atoms with van der Waals surface area (Å²) in [6, 6.07) is 3.85. The maximum atomic E-state index is 10.9. The van der Waals surface area contributed by atoms with Crippen LogP contribution in [-0.2, 0) is 16.0 Å². The van der Waals surface area contributed by atoms with Gasteiger partial charge in [-0.2, -0.15) is 0 Å². The van der Waals surface area contributed by atoms with Crippen LogP contribution in [0.4, 0.5) is 0 Å². The molecular weight excluding hydrogens is 435 g/mol. The van der Waals surface area contributed by atoms with Gasteiger partial charge in [0.15, 0.2) is 5.96 Å². The Balaban J connectivity index is 0.00000312. The molecular formula is C17H29IN4O3. The number of aliphatic imine (C=N–C) groups is 1. The Bertz CT molecular complexity index is 502. The van der Waals surface area contributed by atoms with Gasteiger partial charge in [-0.25, -0.2) is 0 Å². The van der Waals surface area contributed by atoms with Crippen LogP contribution in [0.5, 0.6) is 0 Å². The smallest absolute Gasteiger partial charge is 0.216 e. The van der Waals surface area contributed by atoms with Crippen molar-refractivity contribution >= 4 is 35.8 Å². The molecule has 7 nitrogen and oxygen atoms in total. The van der Waals surface area contributed by atoms with Gasteiger partial charge >= 0.3 is 0 Å². The number of carbonyl (C=O) groups is 1. The predicted octanol–water partition coefficient (Wildman–Crippen LogP) is 1.68. The first kappa shape index (κ1) is 21.8. The van der Waals surface area contributed by atoms with E-state index in [0.717, 1.165) is 57.1 Å². The van der Waals surface area contributed by atoms with Crippen LogP contribution in [0.3, 0.4) is 0 Å². The molecule has 1 amide bonds. The van der Waals surface area contributed by atoms with E-state index < -0.39 is 0 Å². The van der Waals surface area contributed by atoms with Crippen LogP contribution in [0.1, 0.15) is 31.9 Å². The van der Waals surface area contributed by atoms with Crippen molar-refractivity contribution in [2.75, 3.05) is 32.8 Å². The van der Waals surface area contributed by atoms with E-state index in [0.29, 0.717) is 13.1 Å². The van der Waals surface area contributed by atoms with Gasteiger partial charge in [0.2, 0.25) is 5.91 Å². The minimum atomic E-state index is -0.00107. The van der Waals surface area contributed by atoms with E-state index in [1.165, 1.54) is 6.92 Å². The lowest BCUT2D eigenvalue weighted by Gasteiger charge is -2.14. The van der Waals surface area contributed by atoms with E-state index in [-0.39, 0.29) is 36.0 Å². The lowest BCUT2D eigenvalue weighted by molar-refractivity contribution is -0.118. The normalized spacial score (nSPS) is 17.0. The van der Waals surface area contributed by atoms with Gasteiger partial charge < -0.3 is 25.1 Å². The van der Waals surface area contributed by atoms with Crippen LogP contribution in [0, 0.1) is 0 Å². The molecule has 2 rings (SSSR count). The van der Waals surface area contributed by atoms with Crippen molar-refractivity contribution in [3.05, 3.63) is 24.2 Å². The first-order valence-electron chi connectivity index (χ1n) is 8.64. The van der Waals surface area contributed by atoms with Crippen LogP contribution < -0.4 is 16.0 Å². The number of nitrogens with zero attached hydrogens (tertiary/aromatic N) is 1. The van der Waals surface area contributed by atoms with Gasteiger partial charge in [-0.05, 0) is 31.4 Å². The van der Waals surface area contributed by atoms with Gasteiger partial charge in [-0.1, -0.05) is 0 Å². The third-order valence-corrected chi connectivity index (χ3v) is 3.74. The van der Waals surface area contributed by atoms with Crippen molar-refractivity contribution in [1.29, 1.82) is 0 Å². The molecule has 1 aromatic rings. The summed E-state index contributed by atoms with van der Waals surface area (Å²) in [5.41, 5.74) is 0. The minimum absolute atomic E-state index is 0. The largest absolute Gasteiger partial charge is 0.469 e. The molecule has 1 atom stereocenters. The molecule has 0 radical (unpaired) electrons. The number of rotatable bonds is 9.